The van der Waals surface area contributed by atoms with Crippen LogP contribution < -0.4 is 5.73 Å². The molecule has 0 saturated heterocycles. The Kier molecular flexibility index (Phi) is 7.59. The largest absolute Gasteiger partial charge is 0.480 e. The van der Waals surface area contributed by atoms with Gasteiger partial charge in [-0.1, -0.05) is 12.8 Å². The summed E-state index contributed by atoms with van der Waals surface area (Å²) in [7, 11) is 0. The van der Waals surface area contributed by atoms with Gasteiger partial charge in [0.2, 0.25) is 5.91 Å². The molecule has 5 heteroatoms. The van der Waals surface area contributed by atoms with Gasteiger partial charge in [-0.3, -0.25) is 9.59 Å². The average Bonchev–Trinajstić information content (AvgIpc) is 2.23. The SMILES string of the molecule is CC(C)(C)N(CC(=O)O)C(=O)CCCCCCN. The summed E-state index contributed by atoms with van der Waals surface area (Å²) < 4.78 is 0. The number of carboxylic acids is 1. The van der Waals surface area contributed by atoms with Crippen LogP contribution >= 0.6 is 0 Å². The normalized spacial score (nSPS) is 11.3. The Balaban J connectivity index is 4.19. The highest BCUT2D eigenvalue weighted by molar-refractivity contribution is 5.82. The quantitative estimate of drug-likeness (QED) is 0.648. The van der Waals surface area contributed by atoms with Crippen molar-refractivity contribution < 1.29 is 14.7 Å². The second-order valence-electron chi connectivity index (χ2n) is 5.50. The lowest BCUT2D eigenvalue weighted by Crippen LogP contribution is -2.48. The summed E-state index contributed by atoms with van der Waals surface area (Å²) in [5.74, 6) is -1.06. The summed E-state index contributed by atoms with van der Waals surface area (Å²) in [5, 5.41) is 8.83. The summed E-state index contributed by atoms with van der Waals surface area (Å²) >= 11 is 0. The highest BCUT2D eigenvalue weighted by Gasteiger charge is 2.27. The number of hydrogen-bond donors (Lipinski definition) is 2. The summed E-state index contributed by atoms with van der Waals surface area (Å²) in [6, 6.07) is 0. The van der Waals surface area contributed by atoms with Crippen LogP contribution in [0.4, 0.5) is 0 Å². The third-order valence-electron chi connectivity index (χ3n) is 2.75. The number of carboxylic acid groups (broad SMARTS) is 1. The van der Waals surface area contributed by atoms with Crippen molar-refractivity contribution in [3.8, 4) is 0 Å². The minimum absolute atomic E-state index is 0.0855. The average molecular weight is 258 g/mol. The fourth-order valence-corrected chi connectivity index (χ4v) is 1.74. The van der Waals surface area contributed by atoms with Gasteiger partial charge in [0.15, 0.2) is 0 Å². The zero-order valence-electron chi connectivity index (χ0n) is 11.7. The Morgan fingerprint density at radius 2 is 1.67 bits per heavy atom. The number of unbranched alkanes of at least 4 members (excludes halogenated alkanes) is 3. The lowest BCUT2D eigenvalue weighted by molar-refractivity contribution is -0.148. The van der Waals surface area contributed by atoms with Crippen LogP contribution in [-0.2, 0) is 9.59 Å². The first-order valence-electron chi connectivity index (χ1n) is 6.51. The molecule has 5 nitrogen and oxygen atoms in total. The van der Waals surface area contributed by atoms with Crippen molar-refractivity contribution in [3.63, 3.8) is 0 Å². The van der Waals surface area contributed by atoms with E-state index in [9.17, 15) is 9.59 Å². The van der Waals surface area contributed by atoms with Gasteiger partial charge in [-0.2, -0.15) is 0 Å². The molecule has 3 N–H and O–H groups in total. The van der Waals surface area contributed by atoms with E-state index in [1.807, 2.05) is 20.8 Å². The van der Waals surface area contributed by atoms with Gasteiger partial charge in [0.1, 0.15) is 6.54 Å². The van der Waals surface area contributed by atoms with Crippen molar-refractivity contribution in [2.24, 2.45) is 5.73 Å². The summed E-state index contributed by atoms with van der Waals surface area (Å²) in [6.07, 6.45) is 4.18. The molecule has 0 bridgehead atoms. The molecule has 0 radical (unpaired) electrons. The molecule has 0 aromatic carbocycles. The molecular formula is C13H26N2O3. The van der Waals surface area contributed by atoms with Crippen LogP contribution in [-0.4, -0.2) is 40.5 Å². The van der Waals surface area contributed by atoms with E-state index in [2.05, 4.69) is 0 Å². The molecule has 0 rings (SSSR count). The van der Waals surface area contributed by atoms with Crippen LogP contribution in [0.15, 0.2) is 0 Å². The zero-order valence-corrected chi connectivity index (χ0v) is 11.7. The van der Waals surface area contributed by atoms with Crippen LogP contribution in [0.5, 0.6) is 0 Å². The first-order valence-corrected chi connectivity index (χ1v) is 6.51. The van der Waals surface area contributed by atoms with Crippen LogP contribution in [0.3, 0.4) is 0 Å². The van der Waals surface area contributed by atoms with Gasteiger partial charge in [0.05, 0.1) is 0 Å². The molecular weight excluding hydrogens is 232 g/mol. The first-order chi connectivity index (χ1) is 8.29. The predicted molar refractivity (Wildman–Crippen MR) is 71.2 cm³/mol. The molecule has 0 saturated carbocycles. The second-order valence-corrected chi connectivity index (χ2v) is 5.50. The third kappa shape index (κ3) is 7.27. The molecule has 0 aliphatic carbocycles. The molecule has 0 aliphatic heterocycles. The molecule has 0 heterocycles. The van der Waals surface area contributed by atoms with Crippen LogP contribution in [0.25, 0.3) is 0 Å². The highest BCUT2D eigenvalue weighted by atomic mass is 16.4. The number of rotatable bonds is 8. The van der Waals surface area contributed by atoms with Gasteiger partial charge in [-0.05, 0) is 40.2 Å². The van der Waals surface area contributed by atoms with Gasteiger partial charge < -0.3 is 15.7 Å². The number of aliphatic carboxylic acids is 1. The maximum atomic E-state index is 12.0. The molecule has 0 aromatic rings. The Bertz CT molecular complexity index is 272. The molecule has 0 atom stereocenters. The number of carbonyl (C=O) groups excluding carboxylic acids is 1. The number of nitrogens with zero attached hydrogens (tertiary/aromatic N) is 1. The highest BCUT2D eigenvalue weighted by Crippen LogP contribution is 2.16. The standard InChI is InChI=1S/C13H26N2O3/c1-13(2,3)15(10-12(17)18)11(16)8-6-4-5-7-9-14/h4-10,14H2,1-3H3,(H,17,18). The smallest absolute Gasteiger partial charge is 0.323 e. The zero-order chi connectivity index (χ0) is 14.2. The summed E-state index contributed by atoms with van der Waals surface area (Å²) in [4.78, 5) is 24.2. The number of nitrogens with two attached hydrogens (primary N) is 1. The molecule has 106 valence electrons. The van der Waals surface area contributed by atoms with Crippen LogP contribution in [0.2, 0.25) is 0 Å². The minimum atomic E-state index is -0.971. The molecule has 0 aliphatic rings. The molecule has 0 fully saturated rings. The lowest BCUT2D eigenvalue weighted by Gasteiger charge is -2.34. The first kappa shape index (κ1) is 16.9. The van der Waals surface area contributed by atoms with E-state index in [1.54, 1.807) is 0 Å². The van der Waals surface area contributed by atoms with E-state index in [0.29, 0.717) is 13.0 Å². The Labute approximate surface area is 109 Å². The topological polar surface area (TPSA) is 83.6 Å². The van der Waals surface area contributed by atoms with E-state index in [-0.39, 0.29) is 12.5 Å². The van der Waals surface area contributed by atoms with E-state index in [4.69, 9.17) is 10.8 Å². The maximum Gasteiger partial charge on any atom is 0.323 e. The number of hydrogen-bond acceptors (Lipinski definition) is 3. The molecule has 0 aromatic heterocycles. The Morgan fingerprint density at radius 3 is 2.11 bits per heavy atom. The van der Waals surface area contributed by atoms with E-state index < -0.39 is 11.5 Å². The van der Waals surface area contributed by atoms with Gasteiger partial charge in [0.25, 0.3) is 0 Å². The third-order valence-corrected chi connectivity index (χ3v) is 2.75. The van der Waals surface area contributed by atoms with Crippen molar-refractivity contribution >= 4 is 11.9 Å². The van der Waals surface area contributed by atoms with E-state index in [0.717, 1.165) is 25.7 Å². The molecule has 18 heavy (non-hydrogen) atoms. The van der Waals surface area contributed by atoms with Crippen molar-refractivity contribution in [2.75, 3.05) is 13.1 Å². The van der Waals surface area contributed by atoms with Crippen molar-refractivity contribution in [2.45, 2.75) is 58.4 Å². The van der Waals surface area contributed by atoms with Gasteiger partial charge >= 0.3 is 5.97 Å². The fraction of sp³-hybridized carbons (Fsp3) is 0.846. The van der Waals surface area contributed by atoms with Crippen molar-refractivity contribution in [1.29, 1.82) is 0 Å². The van der Waals surface area contributed by atoms with Gasteiger partial charge in [-0.25, -0.2) is 0 Å². The Morgan fingerprint density at radius 1 is 1.11 bits per heavy atom. The summed E-state index contributed by atoms with van der Waals surface area (Å²) in [6.45, 7) is 6.00. The minimum Gasteiger partial charge on any atom is -0.480 e. The second kappa shape index (κ2) is 8.08. The number of carbonyl (C=O) groups is 2. The van der Waals surface area contributed by atoms with E-state index >= 15 is 0 Å². The summed E-state index contributed by atoms with van der Waals surface area (Å²) in [5.41, 5.74) is 4.94. The van der Waals surface area contributed by atoms with Crippen molar-refractivity contribution in [1.82, 2.24) is 4.90 Å². The monoisotopic (exact) mass is 258 g/mol. The van der Waals surface area contributed by atoms with Crippen LogP contribution in [0.1, 0.15) is 52.9 Å². The van der Waals surface area contributed by atoms with Gasteiger partial charge in [-0.15, -0.1) is 0 Å². The lowest BCUT2D eigenvalue weighted by atomic mass is 10.0. The predicted octanol–water partition coefficient (Wildman–Crippen LogP) is 1.61. The number of amides is 1. The molecule has 1 amide bonds. The molecule has 0 unspecified atom stereocenters. The molecule has 0 spiro atoms. The van der Waals surface area contributed by atoms with E-state index in [1.165, 1.54) is 4.90 Å². The van der Waals surface area contributed by atoms with Crippen LogP contribution in [0, 0.1) is 0 Å². The maximum absolute atomic E-state index is 12.0. The fourth-order valence-electron chi connectivity index (χ4n) is 1.74. The van der Waals surface area contributed by atoms with Crippen molar-refractivity contribution in [3.05, 3.63) is 0 Å². The van der Waals surface area contributed by atoms with Gasteiger partial charge in [0, 0.05) is 12.0 Å². The Hall–Kier alpha value is -1.10.